The molecule has 6 nitrogen and oxygen atoms in total. The number of hydrogen-bond donors (Lipinski definition) is 3. The molecule has 0 saturated carbocycles. The predicted molar refractivity (Wildman–Crippen MR) is 89.1 cm³/mol. The largest absolute Gasteiger partial charge is 0.455 e. The molecule has 0 fully saturated rings. The van der Waals surface area contributed by atoms with Gasteiger partial charge in [0, 0.05) is 5.69 Å². The zero-order valence-electron chi connectivity index (χ0n) is 11.9. The second-order valence-corrected chi connectivity index (χ2v) is 6.47. The summed E-state index contributed by atoms with van der Waals surface area (Å²) in [4.78, 5) is -0.151. The molecule has 7 heteroatoms. The fourth-order valence-corrected chi connectivity index (χ4v) is 2.73. The van der Waals surface area contributed by atoms with Crippen molar-refractivity contribution in [2.45, 2.75) is 4.90 Å². The Hall–Kier alpha value is -2.77. The van der Waals surface area contributed by atoms with Crippen LogP contribution in [0.25, 0.3) is 10.8 Å². The first-order valence-corrected chi connectivity index (χ1v) is 8.11. The lowest BCUT2D eigenvalue weighted by Gasteiger charge is -2.10. The Labute approximate surface area is 133 Å². The Morgan fingerprint density at radius 3 is 2.26 bits per heavy atom. The molecule has 0 aliphatic carbocycles. The minimum absolute atomic E-state index is 0.151. The summed E-state index contributed by atoms with van der Waals surface area (Å²) in [6, 6.07) is 14.4. The van der Waals surface area contributed by atoms with Crippen molar-refractivity contribution in [2.75, 3.05) is 11.5 Å². The Bertz CT molecular complexity index is 1000. The first-order chi connectivity index (χ1) is 10.8. The van der Waals surface area contributed by atoms with Crippen LogP contribution >= 0.6 is 0 Å². The van der Waals surface area contributed by atoms with Crippen molar-refractivity contribution in [3.63, 3.8) is 0 Å². The van der Waals surface area contributed by atoms with Gasteiger partial charge in [-0.1, -0.05) is 12.1 Å². The molecule has 23 heavy (non-hydrogen) atoms. The molecule has 0 spiro atoms. The molecule has 0 radical (unpaired) electrons. The van der Waals surface area contributed by atoms with E-state index in [4.69, 9.17) is 20.8 Å². The van der Waals surface area contributed by atoms with E-state index in [1.54, 1.807) is 42.5 Å². The van der Waals surface area contributed by atoms with Gasteiger partial charge in [0.25, 0.3) is 10.1 Å². The lowest BCUT2D eigenvalue weighted by molar-refractivity contribution is 0.483. The SMILES string of the molecule is Nc1ccc(Oc2ccc3cc(S(=O)(=O)O)ccc3c2)c(N)c1. The van der Waals surface area contributed by atoms with Crippen LogP contribution in [-0.4, -0.2) is 13.0 Å². The second kappa shape index (κ2) is 5.45. The molecule has 0 aromatic heterocycles. The third kappa shape index (κ3) is 3.20. The number of hydrogen-bond acceptors (Lipinski definition) is 5. The molecule has 0 unspecified atom stereocenters. The van der Waals surface area contributed by atoms with E-state index in [0.717, 1.165) is 5.39 Å². The average molecular weight is 330 g/mol. The molecule has 0 bridgehead atoms. The van der Waals surface area contributed by atoms with Crippen molar-refractivity contribution in [1.82, 2.24) is 0 Å². The van der Waals surface area contributed by atoms with Gasteiger partial charge in [-0.2, -0.15) is 8.42 Å². The average Bonchev–Trinajstić information content (AvgIpc) is 2.48. The summed E-state index contributed by atoms with van der Waals surface area (Å²) in [5.41, 5.74) is 12.5. The standard InChI is InChI=1S/C16H14N2O4S/c17-12-3-6-16(15(18)9-12)22-13-4-1-11-8-14(23(19,20)21)5-2-10(11)7-13/h1-9H,17-18H2,(H,19,20,21). The number of nitrogen functional groups attached to an aromatic ring is 2. The highest BCUT2D eigenvalue weighted by Gasteiger charge is 2.10. The predicted octanol–water partition coefficient (Wildman–Crippen LogP) is 3.04. The number of rotatable bonds is 3. The quantitative estimate of drug-likeness (QED) is 0.502. The summed E-state index contributed by atoms with van der Waals surface area (Å²) >= 11 is 0. The van der Waals surface area contributed by atoms with E-state index in [1.807, 2.05) is 0 Å². The molecule has 118 valence electrons. The van der Waals surface area contributed by atoms with E-state index in [0.29, 0.717) is 28.3 Å². The molecule has 0 atom stereocenters. The van der Waals surface area contributed by atoms with Crippen LogP contribution in [-0.2, 0) is 10.1 Å². The zero-order chi connectivity index (χ0) is 16.6. The first-order valence-electron chi connectivity index (χ1n) is 6.67. The molecular formula is C16H14N2O4S. The number of anilines is 2. The third-order valence-electron chi connectivity index (χ3n) is 3.34. The van der Waals surface area contributed by atoms with Gasteiger partial charge in [-0.15, -0.1) is 0 Å². The molecule has 5 N–H and O–H groups in total. The lowest BCUT2D eigenvalue weighted by Crippen LogP contribution is -1.97. The van der Waals surface area contributed by atoms with E-state index in [-0.39, 0.29) is 4.90 Å². The van der Waals surface area contributed by atoms with Crippen molar-refractivity contribution >= 4 is 32.3 Å². The van der Waals surface area contributed by atoms with Crippen LogP contribution in [0.15, 0.2) is 59.5 Å². The second-order valence-electron chi connectivity index (χ2n) is 5.05. The van der Waals surface area contributed by atoms with Crippen LogP contribution in [0.1, 0.15) is 0 Å². The Morgan fingerprint density at radius 2 is 1.57 bits per heavy atom. The highest BCUT2D eigenvalue weighted by molar-refractivity contribution is 7.85. The van der Waals surface area contributed by atoms with E-state index in [1.165, 1.54) is 12.1 Å². The minimum Gasteiger partial charge on any atom is -0.455 e. The van der Waals surface area contributed by atoms with E-state index >= 15 is 0 Å². The molecule has 0 aliphatic heterocycles. The van der Waals surface area contributed by atoms with Crippen LogP contribution in [0.4, 0.5) is 11.4 Å². The maximum Gasteiger partial charge on any atom is 0.294 e. The maximum absolute atomic E-state index is 11.2. The van der Waals surface area contributed by atoms with Crippen molar-refractivity contribution < 1.29 is 17.7 Å². The Morgan fingerprint density at radius 1 is 0.870 bits per heavy atom. The number of nitrogens with two attached hydrogens (primary N) is 2. The van der Waals surface area contributed by atoms with Gasteiger partial charge in [-0.05, 0) is 53.2 Å². The van der Waals surface area contributed by atoms with E-state index in [9.17, 15) is 8.42 Å². The normalized spacial score (nSPS) is 11.5. The van der Waals surface area contributed by atoms with Gasteiger partial charge < -0.3 is 16.2 Å². The van der Waals surface area contributed by atoms with E-state index < -0.39 is 10.1 Å². The molecule has 0 amide bonds. The summed E-state index contributed by atoms with van der Waals surface area (Å²) in [5, 5.41) is 1.43. The van der Waals surface area contributed by atoms with Gasteiger partial charge in [0.2, 0.25) is 0 Å². The molecule has 3 rings (SSSR count). The number of benzene rings is 3. The van der Waals surface area contributed by atoms with E-state index in [2.05, 4.69) is 0 Å². The van der Waals surface area contributed by atoms with Crippen LogP contribution in [0.2, 0.25) is 0 Å². The van der Waals surface area contributed by atoms with Gasteiger partial charge >= 0.3 is 0 Å². The summed E-state index contributed by atoms with van der Waals surface area (Å²) in [7, 11) is -4.22. The lowest BCUT2D eigenvalue weighted by atomic mass is 10.1. The van der Waals surface area contributed by atoms with Crippen molar-refractivity contribution in [3.05, 3.63) is 54.6 Å². The summed E-state index contributed by atoms with van der Waals surface area (Å²) < 4.78 is 37.1. The third-order valence-corrected chi connectivity index (χ3v) is 4.19. The van der Waals surface area contributed by atoms with Gasteiger partial charge in [0.1, 0.15) is 11.5 Å². The van der Waals surface area contributed by atoms with Crippen LogP contribution in [0.3, 0.4) is 0 Å². The smallest absolute Gasteiger partial charge is 0.294 e. The highest BCUT2D eigenvalue weighted by atomic mass is 32.2. The van der Waals surface area contributed by atoms with Crippen LogP contribution in [0.5, 0.6) is 11.5 Å². The molecule has 0 aliphatic rings. The Balaban J connectivity index is 1.97. The van der Waals surface area contributed by atoms with Crippen molar-refractivity contribution in [1.29, 1.82) is 0 Å². The Kier molecular flexibility index (Phi) is 3.59. The summed E-state index contributed by atoms with van der Waals surface area (Å²) in [6.45, 7) is 0. The number of fused-ring (bicyclic) bond motifs is 1. The fraction of sp³-hybridized carbons (Fsp3) is 0. The summed E-state index contributed by atoms with van der Waals surface area (Å²) in [6.07, 6.45) is 0. The van der Waals surface area contributed by atoms with Crippen molar-refractivity contribution in [2.24, 2.45) is 0 Å². The first kappa shape index (κ1) is 15.1. The van der Waals surface area contributed by atoms with Gasteiger partial charge in [0.05, 0.1) is 10.6 Å². The van der Waals surface area contributed by atoms with Gasteiger partial charge in [0.15, 0.2) is 0 Å². The van der Waals surface area contributed by atoms with Crippen LogP contribution in [0, 0.1) is 0 Å². The highest BCUT2D eigenvalue weighted by Crippen LogP contribution is 2.31. The monoisotopic (exact) mass is 330 g/mol. The minimum atomic E-state index is -4.22. The molecule has 0 heterocycles. The van der Waals surface area contributed by atoms with Gasteiger partial charge in [-0.3, -0.25) is 4.55 Å². The maximum atomic E-state index is 11.2. The van der Waals surface area contributed by atoms with Gasteiger partial charge in [-0.25, -0.2) is 0 Å². The topological polar surface area (TPSA) is 116 Å². The molecule has 3 aromatic carbocycles. The van der Waals surface area contributed by atoms with Crippen molar-refractivity contribution in [3.8, 4) is 11.5 Å². The fourth-order valence-electron chi connectivity index (χ4n) is 2.21. The molecule has 3 aromatic rings. The summed E-state index contributed by atoms with van der Waals surface area (Å²) in [5.74, 6) is 1.03. The van der Waals surface area contributed by atoms with Crippen LogP contribution < -0.4 is 16.2 Å². The zero-order valence-corrected chi connectivity index (χ0v) is 12.7. The molecular weight excluding hydrogens is 316 g/mol. The number of ether oxygens (including phenoxy) is 1. The molecule has 0 saturated heterocycles.